The molecule has 1 aliphatic heterocycles. The lowest BCUT2D eigenvalue weighted by Crippen LogP contribution is -2.27. The smallest absolute Gasteiger partial charge is 0.260 e. The third kappa shape index (κ3) is 2.58. The standard InChI is InChI=1S/C16H13N3O2/c1-10(20)17-13-8-4-2-6-11(13)15-18-14-9-5-3-7-12(14)16(21)19-15/h2-9,12H,1H3,(H,17,20). The van der Waals surface area contributed by atoms with E-state index in [0.717, 1.165) is 0 Å². The second kappa shape index (κ2) is 5.28. The van der Waals surface area contributed by atoms with Crippen molar-refractivity contribution in [2.75, 3.05) is 5.32 Å². The first-order valence-electron chi connectivity index (χ1n) is 6.58. The van der Waals surface area contributed by atoms with Gasteiger partial charge in [0.1, 0.15) is 5.92 Å². The van der Waals surface area contributed by atoms with Gasteiger partial charge >= 0.3 is 0 Å². The number of aliphatic imine (C=N–C) groups is 2. The zero-order valence-corrected chi connectivity index (χ0v) is 11.4. The number of amides is 2. The van der Waals surface area contributed by atoms with Crippen LogP contribution in [0.5, 0.6) is 0 Å². The van der Waals surface area contributed by atoms with E-state index in [9.17, 15) is 9.59 Å². The summed E-state index contributed by atoms with van der Waals surface area (Å²) in [5.41, 5.74) is 1.90. The molecule has 3 rings (SSSR count). The van der Waals surface area contributed by atoms with Gasteiger partial charge in [0.15, 0.2) is 5.84 Å². The minimum Gasteiger partial charge on any atom is -0.326 e. The fourth-order valence-corrected chi connectivity index (χ4v) is 2.27. The largest absolute Gasteiger partial charge is 0.326 e. The lowest BCUT2D eigenvalue weighted by atomic mass is 9.96. The lowest BCUT2D eigenvalue weighted by Gasteiger charge is -2.18. The van der Waals surface area contributed by atoms with Crippen LogP contribution >= 0.6 is 0 Å². The molecule has 1 heterocycles. The average molecular weight is 279 g/mol. The van der Waals surface area contributed by atoms with E-state index in [1.807, 2.05) is 18.2 Å². The van der Waals surface area contributed by atoms with E-state index < -0.39 is 5.92 Å². The molecule has 1 unspecified atom stereocenters. The van der Waals surface area contributed by atoms with Crippen molar-refractivity contribution in [1.29, 1.82) is 0 Å². The highest BCUT2D eigenvalue weighted by atomic mass is 16.2. The molecule has 0 saturated carbocycles. The molecule has 2 amide bonds. The Labute approximate surface area is 121 Å². The molecule has 21 heavy (non-hydrogen) atoms. The molecule has 5 nitrogen and oxygen atoms in total. The summed E-state index contributed by atoms with van der Waals surface area (Å²) in [5, 5.41) is 2.73. The summed E-state index contributed by atoms with van der Waals surface area (Å²) in [6, 6.07) is 7.16. The van der Waals surface area contributed by atoms with E-state index in [2.05, 4.69) is 15.3 Å². The number of carbonyl (C=O) groups is 2. The van der Waals surface area contributed by atoms with Crippen molar-refractivity contribution in [2.24, 2.45) is 15.9 Å². The van der Waals surface area contributed by atoms with E-state index in [-0.39, 0.29) is 11.8 Å². The highest BCUT2D eigenvalue weighted by Gasteiger charge is 2.27. The lowest BCUT2D eigenvalue weighted by molar-refractivity contribution is -0.118. The Hall–Kier alpha value is -2.82. The number of amidine groups is 1. The van der Waals surface area contributed by atoms with E-state index >= 15 is 0 Å². The van der Waals surface area contributed by atoms with Crippen LogP contribution in [0.4, 0.5) is 5.69 Å². The first-order chi connectivity index (χ1) is 10.1. The molecule has 1 aromatic carbocycles. The van der Waals surface area contributed by atoms with Crippen molar-refractivity contribution >= 4 is 29.0 Å². The molecule has 5 heteroatoms. The number of allylic oxidation sites excluding steroid dienone is 3. The Morgan fingerprint density at radius 1 is 1.19 bits per heavy atom. The Morgan fingerprint density at radius 2 is 2.00 bits per heavy atom. The molecule has 0 saturated heterocycles. The number of anilines is 1. The monoisotopic (exact) mass is 279 g/mol. The zero-order valence-electron chi connectivity index (χ0n) is 11.4. The predicted octanol–water partition coefficient (Wildman–Crippen LogP) is 2.11. The fourth-order valence-electron chi connectivity index (χ4n) is 2.27. The zero-order chi connectivity index (χ0) is 14.8. The van der Waals surface area contributed by atoms with Crippen molar-refractivity contribution in [3.8, 4) is 0 Å². The number of rotatable bonds is 2. The van der Waals surface area contributed by atoms with E-state index in [1.54, 1.807) is 30.4 Å². The first-order valence-corrected chi connectivity index (χ1v) is 6.58. The summed E-state index contributed by atoms with van der Waals surface area (Å²) in [6.45, 7) is 1.43. The van der Waals surface area contributed by atoms with Gasteiger partial charge in [-0.05, 0) is 18.2 Å². The number of nitrogens with one attached hydrogen (secondary N) is 1. The van der Waals surface area contributed by atoms with Gasteiger partial charge in [-0.1, -0.05) is 30.4 Å². The Morgan fingerprint density at radius 3 is 2.81 bits per heavy atom. The van der Waals surface area contributed by atoms with Crippen LogP contribution in [0, 0.1) is 5.92 Å². The normalized spacial score (nSPS) is 19.7. The Kier molecular flexibility index (Phi) is 3.31. The van der Waals surface area contributed by atoms with Gasteiger partial charge in [-0.3, -0.25) is 9.59 Å². The van der Waals surface area contributed by atoms with Crippen molar-refractivity contribution in [2.45, 2.75) is 6.92 Å². The third-order valence-corrected chi connectivity index (χ3v) is 3.20. The summed E-state index contributed by atoms with van der Waals surface area (Å²) in [7, 11) is 0. The molecule has 1 aliphatic carbocycles. The SMILES string of the molecule is CC(=O)Nc1ccccc1C1=NC(=O)C2C=CC=CC2=N1. The van der Waals surface area contributed by atoms with Gasteiger partial charge in [0, 0.05) is 12.5 Å². The topological polar surface area (TPSA) is 70.9 Å². The quantitative estimate of drug-likeness (QED) is 0.900. The van der Waals surface area contributed by atoms with E-state index in [1.165, 1.54) is 6.92 Å². The summed E-state index contributed by atoms with van der Waals surface area (Å²) in [4.78, 5) is 31.9. The number of benzene rings is 1. The van der Waals surface area contributed by atoms with Gasteiger partial charge in [0.2, 0.25) is 5.91 Å². The highest BCUT2D eigenvalue weighted by Crippen LogP contribution is 2.22. The predicted molar refractivity (Wildman–Crippen MR) is 81.5 cm³/mol. The van der Waals surface area contributed by atoms with Crippen LogP contribution in [-0.2, 0) is 9.59 Å². The van der Waals surface area contributed by atoms with Crippen LogP contribution < -0.4 is 5.32 Å². The number of hydrogen-bond acceptors (Lipinski definition) is 3. The number of fused-ring (bicyclic) bond motifs is 1. The molecule has 0 bridgehead atoms. The second-order valence-corrected chi connectivity index (χ2v) is 4.76. The Bertz CT molecular complexity index is 742. The summed E-state index contributed by atoms with van der Waals surface area (Å²) >= 11 is 0. The summed E-state index contributed by atoms with van der Waals surface area (Å²) < 4.78 is 0. The molecule has 0 radical (unpaired) electrons. The van der Waals surface area contributed by atoms with Crippen LogP contribution in [0.1, 0.15) is 12.5 Å². The van der Waals surface area contributed by atoms with Crippen LogP contribution in [0.2, 0.25) is 0 Å². The number of carbonyl (C=O) groups excluding carboxylic acids is 2. The number of para-hydroxylation sites is 1. The van der Waals surface area contributed by atoms with Gasteiger partial charge in [0.05, 0.1) is 11.4 Å². The Balaban J connectivity index is 2.04. The van der Waals surface area contributed by atoms with E-state index in [0.29, 0.717) is 22.8 Å². The molecular weight excluding hydrogens is 266 g/mol. The molecule has 0 fully saturated rings. The molecule has 1 atom stereocenters. The van der Waals surface area contributed by atoms with Crippen molar-refractivity contribution < 1.29 is 9.59 Å². The molecule has 0 spiro atoms. The molecular formula is C16H13N3O2. The third-order valence-electron chi connectivity index (χ3n) is 3.20. The minimum atomic E-state index is -0.397. The fraction of sp³-hybridized carbons (Fsp3) is 0.125. The summed E-state index contributed by atoms with van der Waals surface area (Å²) in [5.74, 6) is -0.494. The maximum absolute atomic E-state index is 12.1. The number of nitrogens with zero attached hydrogens (tertiary/aromatic N) is 2. The molecule has 2 aliphatic rings. The second-order valence-electron chi connectivity index (χ2n) is 4.76. The molecule has 0 aromatic heterocycles. The maximum atomic E-state index is 12.1. The molecule has 104 valence electrons. The average Bonchev–Trinajstić information content (AvgIpc) is 2.47. The van der Waals surface area contributed by atoms with Crippen LogP contribution in [0.15, 0.2) is 58.6 Å². The highest BCUT2D eigenvalue weighted by molar-refractivity contribution is 6.25. The van der Waals surface area contributed by atoms with Crippen LogP contribution in [0.3, 0.4) is 0 Å². The maximum Gasteiger partial charge on any atom is 0.260 e. The van der Waals surface area contributed by atoms with E-state index in [4.69, 9.17) is 0 Å². The van der Waals surface area contributed by atoms with Gasteiger partial charge in [-0.2, -0.15) is 4.99 Å². The van der Waals surface area contributed by atoms with Gasteiger partial charge in [-0.15, -0.1) is 0 Å². The van der Waals surface area contributed by atoms with Gasteiger partial charge in [-0.25, -0.2) is 4.99 Å². The van der Waals surface area contributed by atoms with Crippen LogP contribution in [-0.4, -0.2) is 23.4 Å². The summed E-state index contributed by atoms with van der Waals surface area (Å²) in [6.07, 6.45) is 7.23. The van der Waals surface area contributed by atoms with Crippen molar-refractivity contribution in [1.82, 2.24) is 0 Å². The van der Waals surface area contributed by atoms with Gasteiger partial charge in [0.25, 0.3) is 5.91 Å². The van der Waals surface area contributed by atoms with Crippen molar-refractivity contribution in [3.05, 3.63) is 54.1 Å². The number of hydrogen-bond donors (Lipinski definition) is 1. The minimum absolute atomic E-state index is 0.184. The molecule has 1 aromatic rings. The van der Waals surface area contributed by atoms with Gasteiger partial charge < -0.3 is 5.32 Å². The first kappa shape index (κ1) is 13.2. The van der Waals surface area contributed by atoms with Crippen molar-refractivity contribution in [3.63, 3.8) is 0 Å². The van der Waals surface area contributed by atoms with Crippen LogP contribution in [0.25, 0.3) is 0 Å². The molecule has 1 N–H and O–H groups in total.